The first-order chi connectivity index (χ1) is 24.6. The minimum Gasteiger partial charge on any atom is -0.491 e. The molecule has 14 heteroatoms. The van der Waals surface area contributed by atoms with Gasteiger partial charge in [0.05, 0.1) is 30.2 Å². The van der Waals surface area contributed by atoms with Crippen LogP contribution in [0.1, 0.15) is 31.3 Å². The summed E-state index contributed by atoms with van der Waals surface area (Å²) >= 11 is 12.8. The van der Waals surface area contributed by atoms with Crippen molar-refractivity contribution in [1.82, 2.24) is 23.9 Å². The van der Waals surface area contributed by atoms with Crippen LogP contribution < -0.4 is 20.2 Å². The first-order valence-corrected chi connectivity index (χ1v) is 17.6. The Morgan fingerprint density at radius 2 is 1.63 bits per heavy atom. The minimum atomic E-state index is -1.11. The first-order valence-electron chi connectivity index (χ1n) is 16.8. The number of aromatic nitrogens is 5. The molecule has 2 aliphatic rings. The number of aryl methyl sites for hydroxylation is 1. The van der Waals surface area contributed by atoms with Gasteiger partial charge in [0.15, 0.2) is 5.78 Å². The molecule has 0 bridgehead atoms. The maximum Gasteiger partial charge on any atom is 0.351 e. The van der Waals surface area contributed by atoms with Crippen LogP contribution >= 0.6 is 23.2 Å². The number of halogens is 2. The van der Waals surface area contributed by atoms with E-state index < -0.39 is 11.8 Å². The summed E-state index contributed by atoms with van der Waals surface area (Å²) in [5.41, 5.74) is 3.31. The molecule has 3 aromatic carbocycles. The third-order valence-electron chi connectivity index (χ3n) is 9.46. The summed E-state index contributed by atoms with van der Waals surface area (Å²) in [5, 5.41) is 5.33. The fourth-order valence-corrected chi connectivity index (χ4v) is 7.11. The van der Waals surface area contributed by atoms with Crippen molar-refractivity contribution in [2.75, 3.05) is 49.2 Å². The summed E-state index contributed by atoms with van der Waals surface area (Å²) in [5.74, 6) is 0.0590. The highest BCUT2D eigenvalue weighted by Crippen LogP contribution is 2.40. The number of carbonyl (C=O) groups is 1. The molecule has 51 heavy (non-hydrogen) atoms. The largest absolute Gasteiger partial charge is 0.491 e. The predicted octanol–water partition coefficient (Wildman–Crippen LogP) is 5.67. The standard InChI is InChI=1S/C37H39Cl2N7O5/c1-25(26(2)47)46-36(48)45(27(3)41-46)31-7-5-29(6-8-31)43-16-18-44(19-17-43)30-9-11-32(12-10-30)49-21-33-22-50-37(51-33,23-42-15-14-40-24-42)34-13-4-28(38)20-35(34)39/h4-15,20,24-25,33H,16-19,21-23H2,1-3H3. The number of carbonyl (C=O) groups excluding carboxylic acids is 1. The highest BCUT2D eigenvalue weighted by Gasteiger charge is 2.45. The van der Waals surface area contributed by atoms with Crippen LogP contribution in [0.25, 0.3) is 5.69 Å². The topological polar surface area (TPSA) is 109 Å². The van der Waals surface area contributed by atoms with Crippen molar-refractivity contribution < 1.29 is 19.0 Å². The molecule has 0 aliphatic carbocycles. The molecule has 5 aromatic rings. The monoisotopic (exact) mass is 731 g/mol. The number of rotatable bonds is 11. The molecule has 12 nitrogen and oxygen atoms in total. The Hall–Kier alpha value is -4.62. The Morgan fingerprint density at radius 1 is 0.980 bits per heavy atom. The fourth-order valence-electron chi connectivity index (χ4n) is 6.56. The number of ether oxygens (including phenoxy) is 3. The van der Waals surface area contributed by atoms with Crippen LogP contribution in [0.15, 0.2) is 90.2 Å². The lowest BCUT2D eigenvalue weighted by atomic mass is 10.1. The van der Waals surface area contributed by atoms with Gasteiger partial charge >= 0.3 is 5.69 Å². The van der Waals surface area contributed by atoms with Crippen molar-refractivity contribution in [3.8, 4) is 11.4 Å². The fraction of sp³-hybridized carbons (Fsp3) is 0.351. The minimum absolute atomic E-state index is 0.114. The first kappa shape index (κ1) is 34.8. The Balaban J connectivity index is 0.932. The van der Waals surface area contributed by atoms with Crippen LogP contribution in [-0.4, -0.2) is 75.2 Å². The van der Waals surface area contributed by atoms with Gasteiger partial charge < -0.3 is 28.6 Å². The van der Waals surface area contributed by atoms with Gasteiger partial charge in [-0.05, 0) is 81.4 Å². The van der Waals surface area contributed by atoms with Crippen molar-refractivity contribution in [1.29, 1.82) is 0 Å². The van der Waals surface area contributed by atoms with E-state index >= 15 is 0 Å². The molecule has 2 saturated heterocycles. The van der Waals surface area contributed by atoms with Gasteiger partial charge in [0.2, 0.25) is 5.79 Å². The zero-order valence-corrected chi connectivity index (χ0v) is 30.1. The van der Waals surface area contributed by atoms with Gasteiger partial charge in [-0.3, -0.25) is 4.79 Å². The summed E-state index contributed by atoms with van der Waals surface area (Å²) in [7, 11) is 0. The van der Waals surface area contributed by atoms with E-state index in [0.29, 0.717) is 41.2 Å². The number of hydrogen-bond donors (Lipinski definition) is 0. The number of nitrogens with zero attached hydrogens (tertiary/aromatic N) is 7. The van der Waals surface area contributed by atoms with E-state index in [4.69, 9.17) is 37.4 Å². The second-order valence-electron chi connectivity index (χ2n) is 12.9. The number of ketones is 1. The van der Waals surface area contributed by atoms with Gasteiger partial charge in [0, 0.05) is 60.5 Å². The maximum absolute atomic E-state index is 13.0. The predicted molar refractivity (Wildman–Crippen MR) is 196 cm³/mol. The zero-order valence-electron chi connectivity index (χ0n) is 28.6. The van der Waals surface area contributed by atoms with Crippen molar-refractivity contribution in [3.63, 3.8) is 0 Å². The number of piperazine rings is 1. The van der Waals surface area contributed by atoms with E-state index in [-0.39, 0.29) is 17.6 Å². The molecule has 0 N–H and O–H groups in total. The van der Waals surface area contributed by atoms with Crippen molar-refractivity contribution in [2.45, 2.75) is 45.2 Å². The van der Waals surface area contributed by atoms with E-state index in [0.717, 1.165) is 49.0 Å². The van der Waals surface area contributed by atoms with Crippen LogP contribution in [0, 0.1) is 6.92 Å². The summed E-state index contributed by atoms with van der Waals surface area (Å²) in [6.07, 6.45) is 4.95. The number of anilines is 2. The van der Waals surface area contributed by atoms with Crippen LogP contribution in [0.4, 0.5) is 11.4 Å². The quantitative estimate of drug-likeness (QED) is 0.170. The number of imidazole rings is 1. The molecular formula is C37H39Cl2N7O5. The number of hydrogen-bond acceptors (Lipinski definition) is 9. The van der Waals surface area contributed by atoms with Crippen LogP contribution in [-0.2, 0) is 26.6 Å². The Kier molecular flexibility index (Phi) is 9.93. The van der Waals surface area contributed by atoms with Crippen molar-refractivity contribution in [3.05, 3.63) is 117 Å². The zero-order chi connectivity index (χ0) is 35.7. The molecule has 0 amide bonds. The molecule has 0 spiro atoms. The maximum atomic E-state index is 13.0. The molecule has 3 unspecified atom stereocenters. The smallest absolute Gasteiger partial charge is 0.351 e. The highest BCUT2D eigenvalue weighted by atomic mass is 35.5. The highest BCUT2D eigenvalue weighted by molar-refractivity contribution is 6.35. The normalized spacial score (nSPS) is 19.7. The summed E-state index contributed by atoms with van der Waals surface area (Å²) < 4.78 is 23.6. The number of benzene rings is 3. The molecule has 2 aliphatic heterocycles. The van der Waals surface area contributed by atoms with Gasteiger partial charge in [0.25, 0.3) is 0 Å². The molecule has 7 rings (SSSR count). The Morgan fingerprint density at radius 3 is 2.24 bits per heavy atom. The van der Waals surface area contributed by atoms with Gasteiger partial charge in [-0.1, -0.05) is 29.3 Å². The van der Waals surface area contributed by atoms with Gasteiger partial charge in [-0.2, -0.15) is 5.10 Å². The molecule has 3 atom stereocenters. The van der Waals surface area contributed by atoms with E-state index in [1.807, 2.05) is 53.2 Å². The Labute approximate surface area is 305 Å². The summed E-state index contributed by atoms with van der Waals surface area (Å²) in [4.78, 5) is 33.7. The van der Waals surface area contributed by atoms with Gasteiger partial charge in [-0.25, -0.2) is 19.0 Å². The molecule has 0 saturated carbocycles. The third-order valence-corrected chi connectivity index (χ3v) is 10.0. The summed E-state index contributed by atoms with van der Waals surface area (Å²) in [6, 6.07) is 20.7. The van der Waals surface area contributed by atoms with E-state index in [2.05, 4.69) is 32.0 Å². The van der Waals surface area contributed by atoms with Crippen LogP contribution in [0.2, 0.25) is 10.0 Å². The molecular weight excluding hydrogens is 693 g/mol. The van der Waals surface area contributed by atoms with Crippen molar-refractivity contribution >= 4 is 40.4 Å². The molecule has 2 aromatic heterocycles. The number of Topliss-reactive ketones (excluding diaryl/α,β-unsaturated/α-hetero) is 1. The lowest BCUT2D eigenvalue weighted by molar-refractivity contribution is -0.189. The van der Waals surface area contributed by atoms with Crippen molar-refractivity contribution in [2.24, 2.45) is 0 Å². The van der Waals surface area contributed by atoms with E-state index in [1.165, 1.54) is 16.2 Å². The lowest BCUT2D eigenvalue weighted by Gasteiger charge is -2.37. The van der Waals surface area contributed by atoms with Gasteiger partial charge in [-0.15, -0.1) is 0 Å². The van der Waals surface area contributed by atoms with E-state index in [1.54, 1.807) is 38.5 Å². The Bertz CT molecular complexity index is 2040. The van der Waals surface area contributed by atoms with E-state index in [9.17, 15) is 9.59 Å². The third kappa shape index (κ3) is 7.27. The molecule has 4 heterocycles. The second-order valence-corrected chi connectivity index (χ2v) is 13.7. The SMILES string of the molecule is CC(=O)C(C)n1nc(C)n(-c2ccc(N3CCN(c4ccc(OCC5COC(Cn6ccnc6)(c6ccc(Cl)cc6Cl)O5)cc4)CC3)cc2)c1=O. The van der Waals surface area contributed by atoms with Crippen LogP contribution in [0.3, 0.4) is 0 Å². The molecule has 2 fully saturated rings. The van der Waals surface area contributed by atoms with Gasteiger partial charge in [0.1, 0.15) is 30.3 Å². The average Bonchev–Trinajstić information content (AvgIpc) is 3.87. The average molecular weight is 733 g/mol. The second kappa shape index (κ2) is 14.5. The lowest BCUT2D eigenvalue weighted by Crippen LogP contribution is -2.46. The molecule has 266 valence electrons. The summed E-state index contributed by atoms with van der Waals surface area (Å²) in [6.45, 7) is 9.34. The molecule has 0 radical (unpaired) electrons. The van der Waals surface area contributed by atoms with Crippen LogP contribution in [0.5, 0.6) is 5.75 Å².